The van der Waals surface area contributed by atoms with E-state index in [1.165, 1.54) is 19.3 Å². The Morgan fingerprint density at radius 3 is 2.78 bits per heavy atom. The summed E-state index contributed by atoms with van der Waals surface area (Å²) in [6.45, 7) is 4.42. The van der Waals surface area contributed by atoms with Gasteiger partial charge in [0, 0.05) is 13.1 Å². The number of nitrogen functional groups attached to an aromatic ring is 1. The molecule has 5 heteroatoms. The van der Waals surface area contributed by atoms with Crippen molar-refractivity contribution in [3.05, 3.63) is 5.69 Å². The van der Waals surface area contributed by atoms with E-state index >= 15 is 0 Å². The lowest BCUT2D eigenvalue weighted by Crippen LogP contribution is -2.11. The smallest absolute Gasteiger partial charge is 0.202 e. The maximum absolute atomic E-state index is 6.13. The second-order valence-electron chi connectivity index (χ2n) is 5.51. The molecule has 0 amide bonds. The molecule has 1 fully saturated rings. The van der Waals surface area contributed by atoms with Crippen molar-refractivity contribution in [2.45, 2.75) is 45.6 Å². The van der Waals surface area contributed by atoms with Gasteiger partial charge in [0.2, 0.25) is 5.95 Å². The van der Waals surface area contributed by atoms with Gasteiger partial charge in [-0.05, 0) is 31.6 Å². The molecule has 2 N–H and O–H groups in total. The van der Waals surface area contributed by atoms with Crippen LogP contribution in [0.25, 0.3) is 11.2 Å². The highest BCUT2D eigenvalue weighted by atomic mass is 15.4. The molecule has 1 saturated carbocycles. The summed E-state index contributed by atoms with van der Waals surface area (Å²) in [6, 6.07) is 0.491. The lowest BCUT2D eigenvalue weighted by atomic mass is 10.1. The molecule has 2 aromatic rings. The third-order valence-corrected chi connectivity index (χ3v) is 4.13. The first-order valence-electron chi connectivity index (χ1n) is 6.81. The fourth-order valence-electron chi connectivity index (χ4n) is 3.23. The van der Waals surface area contributed by atoms with Crippen LogP contribution in [0.4, 0.5) is 5.95 Å². The van der Waals surface area contributed by atoms with Gasteiger partial charge in [-0.15, -0.1) is 0 Å². The van der Waals surface area contributed by atoms with E-state index in [0.29, 0.717) is 12.0 Å². The predicted octanol–water partition coefficient (Wildman–Crippen LogP) is 2.28. The van der Waals surface area contributed by atoms with Crippen LogP contribution in [0.1, 0.15) is 44.8 Å². The largest absolute Gasteiger partial charge is 0.369 e. The van der Waals surface area contributed by atoms with Crippen LogP contribution in [-0.2, 0) is 13.5 Å². The molecular formula is C13H21N5. The zero-order chi connectivity index (χ0) is 12.9. The van der Waals surface area contributed by atoms with Gasteiger partial charge in [0.25, 0.3) is 0 Å². The van der Waals surface area contributed by atoms with Crippen molar-refractivity contribution < 1.29 is 0 Å². The molecule has 0 bridgehead atoms. The Morgan fingerprint density at radius 1 is 1.39 bits per heavy atom. The number of nitrogens with two attached hydrogens (primary N) is 1. The van der Waals surface area contributed by atoms with E-state index in [4.69, 9.17) is 5.73 Å². The number of hydrogen-bond acceptors (Lipinski definition) is 3. The summed E-state index contributed by atoms with van der Waals surface area (Å²) in [5.74, 6) is 1.43. The average Bonchev–Trinajstić information content (AvgIpc) is 2.96. The third kappa shape index (κ3) is 1.53. The van der Waals surface area contributed by atoms with E-state index < -0.39 is 0 Å². The predicted molar refractivity (Wildman–Crippen MR) is 72.3 cm³/mol. The van der Waals surface area contributed by atoms with E-state index in [1.807, 2.05) is 11.7 Å². The van der Waals surface area contributed by atoms with E-state index in [1.54, 1.807) is 0 Å². The molecular weight excluding hydrogens is 226 g/mol. The minimum atomic E-state index is 0.491. The van der Waals surface area contributed by atoms with E-state index in [0.717, 1.165) is 29.2 Å². The monoisotopic (exact) mass is 247 g/mol. The van der Waals surface area contributed by atoms with Crippen molar-refractivity contribution in [1.29, 1.82) is 0 Å². The van der Waals surface area contributed by atoms with Crippen molar-refractivity contribution in [3.63, 3.8) is 0 Å². The lowest BCUT2D eigenvalue weighted by molar-refractivity contribution is 0.501. The molecule has 0 spiro atoms. The highest BCUT2D eigenvalue weighted by Crippen LogP contribution is 2.38. The van der Waals surface area contributed by atoms with Crippen molar-refractivity contribution in [2.75, 3.05) is 5.73 Å². The van der Waals surface area contributed by atoms with Gasteiger partial charge in [-0.25, -0.2) is 4.98 Å². The van der Waals surface area contributed by atoms with Crippen molar-refractivity contribution >= 4 is 17.1 Å². The zero-order valence-corrected chi connectivity index (χ0v) is 11.3. The molecule has 2 heterocycles. The molecule has 5 nitrogen and oxygen atoms in total. The van der Waals surface area contributed by atoms with Crippen LogP contribution in [0.15, 0.2) is 0 Å². The van der Waals surface area contributed by atoms with Crippen molar-refractivity contribution in [2.24, 2.45) is 13.0 Å². The minimum absolute atomic E-state index is 0.491. The Balaban J connectivity index is 2.16. The molecule has 0 saturated heterocycles. The lowest BCUT2D eigenvalue weighted by Gasteiger charge is -2.14. The zero-order valence-electron chi connectivity index (χ0n) is 11.3. The first-order chi connectivity index (χ1) is 8.61. The van der Waals surface area contributed by atoms with E-state index in [9.17, 15) is 0 Å². The van der Waals surface area contributed by atoms with Crippen LogP contribution >= 0.6 is 0 Å². The molecule has 1 aliphatic rings. The van der Waals surface area contributed by atoms with Gasteiger partial charge in [0.15, 0.2) is 5.65 Å². The summed E-state index contributed by atoms with van der Waals surface area (Å²) in [4.78, 5) is 4.53. The third-order valence-electron chi connectivity index (χ3n) is 4.13. The molecule has 2 aromatic heterocycles. The molecule has 1 aliphatic carbocycles. The molecule has 3 rings (SSSR count). The summed E-state index contributed by atoms with van der Waals surface area (Å²) in [6.07, 6.45) is 4.57. The summed E-state index contributed by atoms with van der Waals surface area (Å²) < 4.78 is 4.13. The van der Waals surface area contributed by atoms with Gasteiger partial charge in [-0.3, -0.25) is 9.25 Å². The summed E-state index contributed by atoms with van der Waals surface area (Å²) >= 11 is 0. The molecule has 98 valence electrons. The standard InChI is InChI=1S/C13H21N5/c1-4-10-11-12(17(3)16-10)18(13(14)15-11)9-6-5-8(2)7-9/h8-9H,4-7H2,1-3H3,(H2,14,15). The molecule has 0 aromatic carbocycles. The molecule has 18 heavy (non-hydrogen) atoms. The number of aromatic nitrogens is 4. The van der Waals surface area contributed by atoms with Crippen LogP contribution in [0.2, 0.25) is 0 Å². The summed E-state index contributed by atoms with van der Waals surface area (Å²) in [5, 5.41) is 4.54. The number of rotatable bonds is 2. The number of fused-ring (bicyclic) bond motifs is 1. The van der Waals surface area contributed by atoms with Gasteiger partial charge in [0.1, 0.15) is 5.52 Å². The van der Waals surface area contributed by atoms with Crippen molar-refractivity contribution in [3.8, 4) is 0 Å². The minimum Gasteiger partial charge on any atom is -0.369 e. The Labute approximate surface area is 107 Å². The molecule has 2 atom stereocenters. The number of nitrogens with zero attached hydrogens (tertiary/aromatic N) is 4. The number of anilines is 1. The highest BCUT2D eigenvalue weighted by molar-refractivity contribution is 5.78. The Hall–Kier alpha value is -1.52. The van der Waals surface area contributed by atoms with Crippen LogP contribution in [0.5, 0.6) is 0 Å². The molecule has 2 unspecified atom stereocenters. The quantitative estimate of drug-likeness (QED) is 0.885. The van der Waals surface area contributed by atoms with Crippen LogP contribution in [0, 0.1) is 5.92 Å². The second kappa shape index (κ2) is 4.00. The van der Waals surface area contributed by atoms with Crippen LogP contribution in [-0.4, -0.2) is 19.3 Å². The van der Waals surface area contributed by atoms with Gasteiger partial charge in [0.05, 0.1) is 5.69 Å². The first kappa shape index (κ1) is 11.6. The number of imidazole rings is 1. The normalized spacial score (nSPS) is 24.2. The van der Waals surface area contributed by atoms with Gasteiger partial charge < -0.3 is 5.73 Å². The van der Waals surface area contributed by atoms with Crippen LogP contribution < -0.4 is 5.73 Å². The van der Waals surface area contributed by atoms with E-state index in [2.05, 4.69) is 28.5 Å². The Kier molecular flexibility index (Phi) is 2.57. The van der Waals surface area contributed by atoms with Crippen LogP contribution in [0.3, 0.4) is 0 Å². The molecule has 0 radical (unpaired) electrons. The van der Waals surface area contributed by atoms with Gasteiger partial charge in [-0.1, -0.05) is 13.8 Å². The van der Waals surface area contributed by atoms with Gasteiger partial charge in [-0.2, -0.15) is 5.10 Å². The number of hydrogen-bond donors (Lipinski definition) is 1. The maximum Gasteiger partial charge on any atom is 0.202 e. The fourth-order valence-corrected chi connectivity index (χ4v) is 3.23. The first-order valence-corrected chi connectivity index (χ1v) is 6.81. The average molecular weight is 247 g/mol. The summed E-state index contributed by atoms with van der Waals surface area (Å²) in [7, 11) is 1.98. The fraction of sp³-hybridized carbons (Fsp3) is 0.692. The maximum atomic E-state index is 6.13. The van der Waals surface area contributed by atoms with Crippen molar-refractivity contribution in [1.82, 2.24) is 19.3 Å². The number of aryl methyl sites for hydroxylation is 2. The SMILES string of the molecule is CCc1nn(C)c2c1nc(N)n2C1CCC(C)C1. The molecule has 0 aliphatic heterocycles. The van der Waals surface area contributed by atoms with Gasteiger partial charge >= 0.3 is 0 Å². The topological polar surface area (TPSA) is 61.7 Å². The Bertz CT molecular complexity index is 580. The Morgan fingerprint density at radius 2 is 2.17 bits per heavy atom. The second-order valence-corrected chi connectivity index (χ2v) is 5.51. The van der Waals surface area contributed by atoms with E-state index in [-0.39, 0.29) is 0 Å². The summed E-state index contributed by atoms with van der Waals surface area (Å²) in [5.41, 5.74) is 9.24. The highest BCUT2D eigenvalue weighted by Gasteiger charge is 2.28.